The summed E-state index contributed by atoms with van der Waals surface area (Å²) in [5.74, 6) is 0.261. The van der Waals surface area contributed by atoms with E-state index in [2.05, 4.69) is 43.5 Å². The summed E-state index contributed by atoms with van der Waals surface area (Å²) in [6, 6.07) is 16.7. The second kappa shape index (κ2) is 14.0. The third-order valence-electron chi connectivity index (χ3n) is 12.0. The van der Waals surface area contributed by atoms with Gasteiger partial charge in [0, 0.05) is 55.1 Å². The van der Waals surface area contributed by atoms with E-state index < -0.39 is 11.9 Å². The van der Waals surface area contributed by atoms with Crippen LogP contribution in [0.3, 0.4) is 0 Å². The molecule has 6 heterocycles. The number of benzene rings is 2. The van der Waals surface area contributed by atoms with Gasteiger partial charge in [-0.2, -0.15) is 10.4 Å². The van der Waals surface area contributed by atoms with Gasteiger partial charge in [0.2, 0.25) is 11.8 Å². The van der Waals surface area contributed by atoms with Crippen molar-refractivity contribution in [3.8, 4) is 6.07 Å². The van der Waals surface area contributed by atoms with Crippen molar-refractivity contribution in [3.05, 3.63) is 88.7 Å². The Morgan fingerprint density at radius 1 is 0.982 bits per heavy atom. The zero-order chi connectivity index (χ0) is 37.8. The molecular formula is C41H42N10O4. The summed E-state index contributed by atoms with van der Waals surface area (Å²) in [7, 11) is 1.78. The molecule has 2 aliphatic heterocycles. The highest BCUT2D eigenvalue weighted by atomic mass is 16.2. The Morgan fingerprint density at radius 2 is 1.80 bits per heavy atom. The summed E-state index contributed by atoms with van der Waals surface area (Å²) in [6.07, 6.45) is 12.2. The van der Waals surface area contributed by atoms with Gasteiger partial charge >= 0.3 is 11.7 Å². The average Bonchev–Trinajstić information content (AvgIpc) is 3.89. The van der Waals surface area contributed by atoms with Gasteiger partial charge in [-0.3, -0.25) is 33.3 Å². The topological polar surface area (TPSA) is 165 Å². The molecule has 9 rings (SSSR count). The van der Waals surface area contributed by atoms with E-state index in [1.165, 1.54) is 10.8 Å². The first-order valence-corrected chi connectivity index (χ1v) is 19.2. The third kappa shape index (κ3) is 6.38. The lowest BCUT2D eigenvalue weighted by atomic mass is 9.84. The van der Waals surface area contributed by atoms with Crippen LogP contribution in [0.25, 0.3) is 33.0 Å². The van der Waals surface area contributed by atoms with Gasteiger partial charge in [0.05, 0.1) is 28.2 Å². The van der Waals surface area contributed by atoms with Crippen LogP contribution in [-0.2, 0) is 16.6 Å². The van der Waals surface area contributed by atoms with E-state index in [4.69, 9.17) is 10.4 Å². The zero-order valence-corrected chi connectivity index (χ0v) is 30.6. The minimum atomic E-state index is -0.682. The van der Waals surface area contributed by atoms with E-state index in [-0.39, 0.29) is 24.0 Å². The summed E-state index contributed by atoms with van der Waals surface area (Å²) >= 11 is 0. The van der Waals surface area contributed by atoms with Gasteiger partial charge in [-0.25, -0.2) is 14.6 Å². The number of rotatable bonds is 6. The lowest BCUT2D eigenvalue weighted by Crippen LogP contribution is -2.44. The number of imide groups is 1. The highest BCUT2D eigenvalue weighted by Crippen LogP contribution is 2.37. The number of para-hydroxylation sites is 1. The van der Waals surface area contributed by atoms with Crippen LogP contribution in [-0.4, -0.2) is 70.8 Å². The van der Waals surface area contributed by atoms with Crippen LogP contribution in [0.4, 0.5) is 10.5 Å². The quantitative estimate of drug-likeness (QED) is 0.209. The number of pyridine rings is 1. The largest absolute Gasteiger partial charge is 0.331 e. The molecule has 1 unspecified atom stereocenters. The van der Waals surface area contributed by atoms with Crippen LogP contribution in [0.5, 0.6) is 0 Å². The molecule has 280 valence electrons. The summed E-state index contributed by atoms with van der Waals surface area (Å²) < 4.78 is 6.81. The molecule has 2 aromatic carbocycles. The molecule has 1 aliphatic carbocycles. The number of amides is 3. The number of imidazole rings is 1. The van der Waals surface area contributed by atoms with E-state index in [1.807, 2.05) is 30.3 Å². The van der Waals surface area contributed by atoms with Crippen LogP contribution in [0.15, 0.2) is 71.9 Å². The van der Waals surface area contributed by atoms with Crippen molar-refractivity contribution in [2.75, 3.05) is 25.0 Å². The van der Waals surface area contributed by atoms with E-state index in [1.54, 1.807) is 34.5 Å². The van der Waals surface area contributed by atoms with Crippen molar-refractivity contribution in [1.29, 1.82) is 5.26 Å². The van der Waals surface area contributed by atoms with Gasteiger partial charge < -0.3 is 10.2 Å². The first-order valence-electron chi connectivity index (χ1n) is 19.2. The minimum Gasteiger partial charge on any atom is -0.307 e. The fourth-order valence-corrected chi connectivity index (χ4v) is 9.15. The molecule has 1 atom stereocenters. The minimum absolute atomic E-state index is 0.222. The summed E-state index contributed by atoms with van der Waals surface area (Å²) in [4.78, 5) is 57.9. The standard InChI is InChI=1S/C41H42N10O4/c1-47-37-32(3-2-4-34(37)51(41(47)55)35-11-12-36(52)45-39(35)53)27-13-16-48(17-14-27)23-25-5-8-31(9-6-25)50-24-29-20-30(7-10-33(29)46-50)44-40(54)49-18-15-28-19-26(21-42)22-43-38(28)49/h2-4,7,10,15,18-20,22,24-25,27,31,35H,5-6,8-9,11-14,16-17,23H2,1H3,(H,44,54)(H,45,52,53). The number of nitrogens with zero attached hydrogens (tertiary/aromatic N) is 8. The Kier molecular flexibility index (Phi) is 8.81. The van der Waals surface area contributed by atoms with Crippen LogP contribution in [0.1, 0.15) is 80.5 Å². The van der Waals surface area contributed by atoms with Crippen LogP contribution in [0.2, 0.25) is 0 Å². The lowest BCUT2D eigenvalue weighted by molar-refractivity contribution is -0.135. The molecule has 2 N–H and O–H groups in total. The van der Waals surface area contributed by atoms with Crippen LogP contribution in [0, 0.1) is 17.2 Å². The predicted molar refractivity (Wildman–Crippen MR) is 207 cm³/mol. The number of carbonyl (C=O) groups is 3. The number of aromatic nitrogens is 6. The molecule has 4 aromatic heterocycles. The number of hydrogen-bond donors (Lipinski definition) is 2. The highest BCUT2D eigenvalue weighted by molar-refractivity contribution is 6.00. The smallest absolute Gasteiger partial charge is 0.307 e. The van der Waals surface area contributed by atoms with Crippen LogP contribution < -0.4 is 16.3 Å². The Balaban J connectivity index is 0.798. The maximum atomic E-state index is 13.4. The maximum absolute atomic E-state index is 13.4. The highest BCUT2D eigenvalue weighted by Gasteiger charge is 2.33. The van der Waals surface area contributed by atoms with Crippen molar-refractivity contribution >= 4 is 56.5 Å². The molecule has 6 aromatic rings. The normalized spacial score (nSPS) is 21.3. The van der Waals surface area contributed by atoms with E-state index in [0.717, 1.165) is 91.0 Å². The molecule has 1 saturated carbocycles. The molecule has 55 heavy (non-hydrogen) atoms. The van der Waals surface area contributed by atoms with Gasteiger partial charge in [-0.15, -0.1) is 0 Å². The molecule has 3 fully saturated rings. The number of piperidine rings is 2. The fraction of sp³-hybridized carbons (Fsp3) is 0.390. The molecular weight excluding hydrogens is 697 g/mol. The summed E-state index contributed by atoms with van der Waals surface area (Å²) in [5, 5.41) is 21.1. The Labute approximate surface area is 316 Å². The third-order valence-corrected chi connectivity index (χ3v) is 12.0. The van der Waals surface area contributed by atoms with Gasteiger partial charge in [-0.1, -0.05) is 12.1 Å². The predicted octanol–water partition coefficient (Wildman–Crippen LogP) is 5.58. The fourth-order valence-electron chi connectivity index (χ4n) is 9.15. The molecule has 2 saturated heterocycles. The number of hydrogen-bond acceptors (Lipinski definition) is 8. The first-order chi connectivity index (χ1) is 26.7. The van der Waals surface area contributed by atoms with Crippen molar-refractivity contribution < 1.29 is 14.4 Å². The van der Waals surface area contributed by atoms with Gasteiger partial charge in [0.1, 0.15) is 17.8 Å². The number of likely N-dealkylation sites (tertiary alicyclic amines) is 1. The number of fused-ring (bicyclic) bond motifs is 3. The van der Waals surface area contributed by atoms with Gasteiger partial charge in [0.15, 0.2) is 0 Å². The second-order valence-electron chi connectivity index (χ2n) is 15.4. The van der Waals surface area contributed by atoms with Crippen molar-refractivity contribution in [2.24, 2.45) is 13.0 Å². The van der Waals surface area contributed by atoms with E-state index in [9.17, 15) is 19.2 Å². The lowest BCUT2D eigenvalue weighted by Gasteiger charge is -2.37. The van der Waals surface area contributed by atoms with Crippen LogP contribution >= 0.6 is 0 Å². The Hall–Kier alpha value is -6.07. The van der Waals surface area contributed by atoms with Gasteiger partial charge in [-0.05, 0) is 112 Å². The van der Waals surface area contributed by atoms with Crippen molar-refractivity contribution in [2.45, 2.75) is 69.4 Å². The summed E-state index contributed by atoms with van der Waals surface area (Å²) in [5.41, 5.74) is 5.09. The number of nitrogens with one attached hydrogen (secondary N) is 2. The first kappa shape index (κ1) is 34.7. The second-order valence-corrected chi connectivity index (χ2v) is 15.4. The Morgan fingerprint density at radius 3 is 2.58 bits per heavy atom. The number of carbonyl (C=O) groups excluding carboxylic acids is 3. The van der Waals surface area contributed by atoms with Crippen molar-refractivity contribution in [1.82, 2.24) is 38.7 Å². The monoisotopic (exact) mass is 738 g/mol. The maximum Gasteiger partial charge on any atom is 0.331 e. The molecule has 0 radical (unpaired) electrons. The SMILES string of the molecule is Cn1c(=O)n(C2CCC(=O)NC2=O)c2cccc(C3CCN(CC4CCC(n5cc6cc(NC(=O)n7ccc8cc(C#N)cnc87)ccc6n5)CC4)CC3)c21. The molecule has 0 bridgehead atoms. The molecule has 14 nitrogen and oxygen atoms in total. The average molecular weight is 739 g/mol. The molecule has 0 spiro atoms. The summed E-state index contributed by atoms with van der Waals surface area (Å²) in [6.45, 7) is 3.10. The number of aryl methyl sites for hydroxylation is 1. The van der Waals surface area contributed by atoms with Gasteiger partial charge in [0.25, 0.3) is 0 Å². The zero-order valence-electron chi connectivity index (χ0n) is 30.6. The molecule has 14 heteroatoms. The molecule has 3 aliphatic rings. The van der Waals surface area contributed by atoms with Crippen molar-refractivity contribution in [3.63, 3.8) is 0 Å². The van der Waals surface area contributed by atoms with E-state index in [0.29, 0.717) is 41.2 Å². The number of nitriles is 1. The number of anilines is 1. The van der Waals surface area contributed by atoms with E-state index >= 15 is 0 Å². The molecule has 3 amide bonds. The Bertz CT molecular complexity index is 2590.